The first-order valence-electron chi connectivity index (χ1n) is 8.85. The molecule has 20 heavy (non-hydrogen) atoms. The van der Waals surface area contributed by atoms with Gasteiger partial charge in [-0.05, 0) is 57.0 Å². The van der Waals surface area contributed by atoms with E-state index in [0.29, 0.717) is 11.7 Å². The smallest absolute Gasteiger partial charge is 0.0710 e. The molecule has 0 bridgehead atoms. The Kier molecular flexibility index (Phi) is 4.68. The summed E-state index contributed by atoms with van der Waals surface area (Å²) in [5.74, 6) is 1.55. The lowest BCUT2D eigenvalue weighted by molar-refractivity contribution is -0.0527. The number of nitrogens with zero attached hydrogens (tertiary/aromatic N) is 1. The lowest BCUT2D eigenvalue weighted by Crippen LogP contribution is -2.45. The second-order valence-electron chi connectivity index (χ2n) is 7.38. The summed E-state index contributed by atoms with van der Waals surface area (Å²) in [6, 6.07) is 0. The Morgan fingerprint density at radius 1 is 1.15 bits per heavy atom. The Bertz CT molecular complexity index is 314. The maximum Gasteiger partial charge on any atom is 0.0710 e. The first-order chi connectivity index (χ1) is 9.74. The quantitative estimate of drug-likeness (QED) is 0.860. The molecule has 1 saturated carbocycles. The Morgan fingerprint density at radius 3 is 2.65 bits per heavy atom. The highest BCUT2D eigenvalue weighted by molar-refractivity contribution is 4.94. The topological polar surface area (TPSA) is 38.5 Å². The van der Waals surface area contributed by atoms with Gasteiger partial charge in [0.1, 0.15) is 0 Å². The zero-order valence-electron chi connectivity index (χ0n) is 13.2. The number of hydrogen-bond donors (Lipinski definition) is 1. The monoisotopic (exact) mass is 280 g/mol. The van der Waals surface area contributed by atoms with Crippen LogP contribution in [0.4, 0.5) is 0 Å². The average Bonchev–Trinajstić information content (AvgIpc) is 3.09. The van der Waals surface area contributed by atoms with Crippen LogP contribution in [0.2, 0.25) is 0 Å². The molecule has 3 heteroatoms. The molecule has 0 aromatic carbocycles. The van der Waals surface area contributed by atoms with Crippen molar-refractivity contribution in [3.63, 3.8) is 0 Å². The standard InChI is InChI=1S/C17H32N2O/c1-2-14-12-19(10-6-15(14)11-18)13-16-5-9-17(20-16)7-3-4-8-17/h14-16H,2-13,18H2,1H3. The van der Waals surface area contributed by atoms with Crippen molar-refractivity contribution in [3.8, 4) is 0 Å². The molecule has 0 aromatic rings. The van der Waals surface area contributed by atoms with Crippen molar-refractivity contribution in [1.82, 2.24) is 4.90 Å². The number of likely N-dealkylation sites (tertiary alicyclic amines) is 1. The van der Waals surface area contributed by atoms with Crippen molar-refractivity contribution in [1.29, 1.82) is 0 Å². The molecule has 2 N–H and O–H groups in total. The summed E-state index contributed by atoms with van der Waals surface area (Å²) in [7, 11) is 0. The molecule has 3 fully saturated rings. The molecule has 2 saturated heterocycles. The van der Waals surface area contributed by atoms with Crippen molar-refractivity contribution in [2.24, 2.45) is 17.6 Å². The van der Waals surface area contributed by atoms with Crippen LogP contribution in [-0.2, 0) is 4.74 Å². The van der Waals surface area contributed by atoms with Gasteiger partial charge in [-0.1, -0.05) is 26.2 Å². The van der Waals surface area contributed by atoms with Crippen LogP contribution >= 0.6 is 0 Å². The van der Waals surface area contributed by atoms with Crippen LogP contribution < -0.4 is 5.73 Å². The van der Waals surface area contributed by atoms with Gasteiger partial charge in [0.15, 0.2) is 0 Å². The van der Waals surface area contributed by atoms with Gasteiger partial charge in [-0.25, -0.2) is 0 Å². The van der Waals surface area contributed by atoms with Crippen LogP contribution in [0.3, 0.4) is 0 Å². The Balaban J connectivity index is 1.49. The van der Waals surface area contributed by atoms with Crippen LogP contribution in [0, 0.1) is 11.8 Å². The summed E-state index contributed by atoms with van der Waals surface area (Å²) in [6.07, 6.45) is 11.0. The molecule has 0 radical (unpaired) electrons. The molecule has 3 unspecified atom stereocenters. The predicted octanol–water partition coefficient (Wildman–Crippen LogP) is 2.79. The number of ether oxygens (including phenoxy) is 1. The van der Waals surface area contributed by atoms with E-state index in [1.807, 2.05) is 0 Å². The van der Waals surface area contributed by atoms with E-state index in [2.05, 4.69) is 11.8 Å². The normalized spacial score (nSPS) is 37.8. The summed E-state index contributed by atoms with van der Waals surface area (Å²) in [4.78, 5) is 2.65. The van der Waals surface area contributed by atoms with Crippen LogP contribution in [0.5, 0.6) is 0 Å². The Morgan fingerprint density at radius 2 is 1.95 bits per heavy atom. The average molecular weight is 280 g/mol. The van der Waals surface area contributed by atoms with E-state index >= 15 is 0 Å². The first-order valence-corrected chi connectivity index (χ1v) is 8.85. The maximum atomic E-state index is 6.47. The molecule has 3 aliphatic rings. The lowest BCUT2D eigenvalue weighted by Gasteiger charge is -2.39. The first kappa shape index (κ1) is 14.8. The van der Waals surface area contributed by atoms with E-state index in [1.54, 1.807) is 0 Å². The van der Waals surface area contributed by atoms with Crippen LogP contribution in [0.15, 0.2) is 0 Å². The van der Waals surface area contributed by atoms with Crippen molar-refractivity contribution in [3.05, 3.63) is 0 Å². The Labute approximate surface area is 124 Å². The van der Waals surface area contributed by atoms with Gasteiger partial charge in [-0.2, -0.15) is 0 Å². The summed E-state index contributed by atoms with van der Waals surface area (Å²) < 4.78 is 6.47. The van der Waals surface area contributed by atoms with Gasteiger partial charge in [-0.3, -0.25) is 0 Å². The highest BCUT2D eigenvalue weighted by Crippen LogP contribution is 2.43. The molecule has 2 heterocycles. The molecular formula is C17H32N2O. The number of nitrogens with two attached hydrogens (primary N) is 1. The molecule has 0 amide bonds. The van der Waals surface area contributed by atoms with Gasteiger partial charge < -0.3 is 15.4 Å². The molecule has 116 valence electrons. The van der Waals surface area contributed by atoms with Crippen molar-refractivity contribution < 1.29 is 4.74 Å². The molecule has 3 nitrogen and oxygen atoms in total. The van der Waals surface area contributed by atoms with Crippen molar-refractivity contribution in [2.45, 2.75) is 70.0 Å². The molecule has 3 atom stereocenters. The van der Waals surface area contributed by atoms with E-state index in [9.17, 15) is 0 Å². The molecule has 1 spiro atoms. The number of hydrogen-bond acceptors (Lipinski definition) is 3. The summed E-state index contributed by atoms with van der Waals surface area (Å²) in [5, 5.41) is 0. The van der Waals surface area contributed by atoms with E-state index in [0.717, 1.165) is 24.9 Å². The van der Waals surface area contributed by atoms with E-state index < -0.39 is 0 Å². The minimum atomic E-state index is 0.296. The molecule has 2 aliphatic heterocycles. The fraction of sp³-hybridized carbons (Fsp3) is 1.00. The highest BCUT2D eigenvalue weighted by atomic mass is 16.5. The van der Waals surface area contributed by atoms with E-state index in [-0.39, 0.29) is 0 Å². The van der Waals surface area contributed by atoms with E-state index in [4.69, 9.17) is 10.5 Å². The zero-order chi connectivity index (χ0) is 14.0. The largest absolute Gasteiger partial charge is 0.370 e. The van der Waals surface area contributed by atoms with Crippen LogP contribution in [0.1, 0.15) is 58.3 Å². The molecule has 1 aliphatic carbocycles. The zero-order valence-corrected chi connectivity index (χ0v) is 13.2. The SMILES string of the molecule is CCC1CN(CC2CCC3(CCCC3)O2)CCC1CN. The van der Waals surface area contributed by atoms with Gasteiger partial charge in [-0.15, -0.1) is 0 Å². The second-order valence-corrected chi connectivity index (χ2v) is 7.38. The number of rotatable bonds is 4. The third-order valence-electron chi connectivity index (χ3n) is 6.12. The number of piperidine rings is 1. The summed E-state index contributed by atoms with van der Waals surface area (Å²) in [6.45, 7) is 6.82. The minimum absolute atomic E-state index is 0.296. The van der Waals surface area contributed by atoms with Crippen LogP contribution in [0.25, 0.3) is 0 Å². The van der Waals surface area contributed by atoms with E-state index in [1.165, 1.54) is 64.5 Å². The molecule has 3 rings (SSSR count). The summed E-state index contributed by atoms with van der Waals surface area (Å²) in [5.41, 5.74) is 6.21. The van der Waals surface area contributed by atoms with Crippen molar-refractivity contribution in [2.75, 3.05) is 26.2 Å². The third kappa shape index (κ3) is 3.05. The maximum absolute atomic E-state index is 6.47. The fourth-order valence-electron chi connectivity index (χ4n) is 4.79. The highest BCUT2D eigenvalue weighted by Gasteiger charge is 2.42. The van der Waals surface area contributed by atoms with Gasteiger partial charge in [0.25, 0.3) is 0 Å². The fourth-order valence-corrected chi connectivity index (χ4v) is 4.79. The van der Waals surface area contributed by atoms with Gasteiger partial charge in [0.05, 0.1) is 11.7 Å². The second kappa shape index (κ2) is 6.33. The van der Waals surface area contributed by atoms with Gasteiger partial charge in [0.2, 0.25) is 0 Å². The lowest BCUT2D eigenvalue weighted by atomic mass is 9.83. The third-order valence-corrected chi connectivity index (χ3v) is 6.12. The minimum Gasteiger partial charge on any atom is -0.370 e. The Hall–Kier alpha value is -0.120. The molecule has 0 aromatic heterocycles. The summed E-state index contributed by atoms with van der Waals surface area (Å²) >= 11 is 0. The van der Waals surface area contributed by atoms with Gasteiger partial charge >= 0.3 is 0 Å². The van der Waals surface area contributed by atoms with Crippen molar-refractivity contribution >= 4 is 0 Å². The van der Waals surface area contributed by atoms with Crippen LogP contribution in [-0.4, -0.2) is 42.8 Å². The van der Waals surface area contributed by atoms with Gasteiger partial charge in [0, 0.05) is 13.1 Å². The molecular weight excluding hydrogens is 248 g/mol. The predicted molar refractivity (Wildman–Crippen MR) is 82.7 cm³/mol.